The number of anilines is 1. The lowest BCUT2D eigenvalue weighted by Crippen LogP contribution is -2.42. The number of carbonyl (C=O) groups excluding carboxylic acids is 2. The van der Waals surface area contributed by atoms with Crippen molar-refractivity contribution in [2.45, 2.75) is 32.4 Å². The van der Waals surface area contributed by atoms with Gasteiger partial charge in [0.05, 0.1) is 10.6 Å². The molecule has 1 aromatic heterocycles. The van der Waals surface area contributed by atoms with Gasteiger partial charge in [-0.15, -0.1) is 0 Å². The molecule has 2 amide bonds. The molecule has 10 heteroatoms. The molecule has 2 atom stereocenters. The van der Waals surface area contributed by atoms with Crippen molar-refractivity contribution in [3.63, 3.8) is 0 Å². The highest BCUT2D eigenvalue weighted by molar-refractivity contribution is 7.17. The first-order chi connectivity index (χ1) is 14.9. The summed E-state index contributed by atoms with van der Waals surface area (Å²) in [5.74, 6) is -1.55. The molecule has 1 aliphatic rings. The number of ether oxygens (including phenoxy) is 1. The van der Waals surface area contributed by atoms with Gasteiger partial charge in [-0.1, -0.05) is 41.7 Å². The molecular formula is C21H26N4O5S. The van der Waals surface area contributed by atoms with Crippen molar-refractivity contribution in [1.82, 2.24) is 15.6 Å². The summed E-state index contributed by atoms with van der Waals surface area (Å²) >= 11 is 1.06. The van der Waals surface area contributed by atoms with Gasteiger partial charge in [-0.2, -0.15) is 0 Å². The number of benzene rings is 1. The molecule has 0 bridgehead atoms. The molecule has 2 unspecified atom stereocenters. The Morgan fingerprint density at radius 1 is 1.32 bits per heavy atom. The Kier molecular flexibility index (Phi) is 8.10. The third-order valence-corrected chi connectivity index (χ3v) is 6.03. The average Bonchev–Trinajstić information content (AvgIpc) is 3.13. The van der Waals surface area contributed by atoms with E-state index in [1.165, 1.54) is 0 Å². The number of carboxylic acids is 1. The molecular weight excluding hydrogens is 420 g/mol. The predicted molar refractivity (Wildman–Crippen MR) is 116 cm³/mol. The van der Waals surface area contributed by atoms with Crippen molar-refractivity contribution >= 4 is 34.3 Å². The molecule has 2 aromatic rings. The maximum Gasteiger partial charge on any atom is 0.329 e. The number of nitrogens with zero attached hydrogens (tertiary/aromatic N) is 1. The van der Waals surface area contributed by atoms with Crippen LogP contribution in [-0.2, 0) is 16.1 Å². The number of hydrogen-bond donors (Lipinski definition) is 4. The number of carboxylic acid groups (broad SMARTS) is 1. The van der Waals surface area contributed by atoms with Crippen molar-refractivity contribution in [3.05, 3.63) is 46.5 Å². The fourth-order valence-corrected chi connectivity index (χ4v) is 4.38. The zero-order chi connectivity index (χ0) is 22.2. The first-order valence-electron chi connectivity index (χ1n) is 10.1. The van der Waals surface area contributed by atoms with Crippen molar-refractivity contribution in [1.29, 1.82) is 0 Å². The minimum Gasteiger partial charge on any atom is -0.480 e. The molecule has 1 aromatic carbocycles. The van der Waals surface area contributed by atoms with Crippen molar-refractivity contribution in [2.24, 2.45) is 5.92 Å². The number of nitrogens with one attached hydrogen (secondary N) is 3. The highest BCUT2D eigenvalue weighted by atomic mass is 32.1. The number of Topliss-reactive ketones (excluding diaryl/α,β-unsaturated/α-hetero) is 1. The van der Waals surface area contributed by atoms with Crippen LogP contribution in [0.25, 0.3) is 0 Å². The number of aliphatic carboxylic acids is 1. The summed E-state index contributed by atoms with van der Waals surface area (Å²) in [7, 11) is 0. The highest BCUT2D eigenvalue weighted by Gasteiger charge is 2.34. The Hall–Kier alpha value is -2.82. The number of hydrogen-bond acceptors (Lipinski definition) is 7. The second-order valence-electron chi connectivity index (χ2n) is 7.32. The molecule has 166 valence electrons. The number of piperidine rings is 1. The summed E-state index contributed by atoms with van der Waals surface area (Å²) in [5, 5.41) is 17.9. The lowest BCUT2D eigenvalue weighted by atomic mass is 9.90. The summed E-state index contributed by atoms with van der Waals surface area (Å²) in [6, 6.07) is 9.07. The summed E-state index contributed by atoms with van der Waals surface area (Å²) in [5.41, 5.74) is 1.43. The van der Waals surface area contributed by atoms with E-state index in [1.807, 2.05) is 30.3 Å². The van der Waals surface area contributed by atoms with Crippen LogP contribution < -0.4 is 16.0 Å². The van der Waals surface area contributed by atoms with E-state index in [4.69, 9.17) is 9.84 Å². The molecule has 0 aliphatic carbocycles. The number of amides is 2. The Balaban J connectivity index is 1.65. The second kappa shape index (κ2) is 11.0. The van der Waals surface area contributed by atoms with Gasteiger partial charge in [0, 0.05) is 19.0 Å². The van der Waals surface area contributed by atoms with Crippen LogP contribution >= 0.6 is 11.3 Å². The van der Waals surface area contributed by atoms with Crippen LogP contribution in [0.3, 0.4) is 0 Å². The summed E-state index contributed by atoms with van der Waals surface area (Å²) in [4.78, 5) is 41.0. The van der Waals surface area contributed by atoms with Gasteiger partial charge in [0.1, 0.15) is 12.7 Å². The van der Waals surface area contributed by atoms with Gasteiger partial charge >= 0.3 is 12.0 Å². The second-order valence-corrected chi connectivity index (χ2v) is 8.32. The number of aromatic nitrogens is 1. The van der Waals surface area contributed by atoms with E-state index in [2.05, 4.69) is 20.9 Å². The SMILES string of the molecule is Cc1nc(NC(=O)NCc2ccccc2)sc1C(=O)C(OCC(=O)O)C1CCCNC1. The lowest BCUT2D eigenvalue weighted by molar-refractivity contribution is -0.144. The standard InChI is InChI=1S/C21H26N4O5S/c1-13-19(17(28)18(30-12-16(26)27)15-8-5-9-22-11-15)31-21(24-13)25-20(29)23-10-14-6-3-2-4-7-14/h2-4,6-7,15,18,22H,5,8-12H2,1H3,(H,26,27)(H2,23,24,25,29). The van der Waals surface area contributed by atoms with E-state index in [0.717, 1.165) is 36.3 Å². The quantitative estimate of drug-likeness (QED) is 0.435. The smallest absolute Gasteiger partial charge is 0.329 e. The van der Waals surface area contributed by atoms with Crippen LogP contribution in [0, 0.1) is 12.8 Å². The summed E-state index contributed by atoms with van der Waals surface area (Å²) in [6.07, 6.45) is 0.789. The summed E-state index contributed by atoms with van der Waals surface area (Å²) < 4.78 is 5.48. The van der Waals surface area contributed by atoms with Gasteiger partial charge in [0.25, 0.3) is 0 Å². The number of ketones is 1. The molecule has 1 saturated heterocycles. The number of aryl methyl sites for hydroxylation is 1. The number of carbonyl (C=O) groups is 3. The molecule has 9 nitrogen and oxygen atoms in total. The van der Waals surface area contributed by atoms with E-state index in [0.29, 0.717) is 28.8 Å². The Morgan fingerprint density at radius 2 is 2.10 bits per heavy atom. The van der Waals surface area contributed by atoms with Crippen molar-refractivity contribution < 1.29 is 24.2 Å². The minimum atomic E-state index is -1.12. The van der Waals surface area contributed by atoms with Crippen LogP contribution in [0.2, 0.25) is 0 Å². The number of thiazole rings is 1. The fourth-order valence-electron chi connectivity index (χ4n) is 3.45. The first-order valence-corrected chi connectivity index (χ1v) is 10.9. The monoisotopic (exact) mass is 446 g/mol. The van der Waals surface area contributed by atoms with Gasteiger partial charge in [0.2, 0.25) is 5.78 Å². The number of rotatable bonds is 9. The van der Waals surface area contributed by atoms with Gasteiger partial charge in [-0.3, -0.25) is 10.1 Å². The third kappa shape index (κ3) is 6.58. The fraction of sp³-hybridized carbons (Fsp3) is 0.429. The average molecular weight is 447 g/mol. The maximum absolute atomic E-state index is 13.2. The zero-order valence-corrected chi connectivity index (χ0v) is 18.0. The van der Waals surface area contributed by atoms with Crippen LogP contribution in [0.5, 0.6) is 0 Å². The molecule has 3 rings (SSSR count). The van der Waals surface area contributed by atoms with Crippen LogP contribution in [0.15, 0.2) is 30.3 Å². The molecule has 31 heavy (non-hydrogen) atoms. The van der Waals surface area contributed by atoms with Crippen LogP contribution in [0.4, 0.5) is 9.93 Å². The zero-order valence-electron chi connectivity index (χ0n) is 17.2. The van der Waals surface area contributed by atoms with Crippen molar-refractivity contribution in [2.75, 3.05) is 25.0 Å². The van der Waals surface area contributed by atoms with Gasteiger partial charge in [-0.05, 0) is 31.9 Å². The van der Waals surface area contributed by atoms with E-state index in [-0.39, 0.29) is 11.7 Å². The van der Waals surface area contributed by atoms with Gasteiger partial charge in [0.15, 0.2) is 5.13 Å². The largest absolute Gasteiger partial charge is 0.480 e. The normalized spacial score (nSPS) is 17.0. The molecule has 0 radical (unpaired) electrons. The van der Waals surface area contributed by atoms with Crippen LogP contribution in [0.1, 0.15) is 33.8 Å². The lowest BCUT2D eigenvalue weighted by Gasteiger charge is -2.29. The predicted octanol–water partition coefficient (Wildman–Crippen LogP) is 2.43. The van der Waals surface area contributed by atoms with E-state index in [9.17, 15) is 14.4 Å². The van der Waals surface area contributed by atoms with E-state index < -0.39 is 24.7 Å². The minimum absolute atomic E-state index is 0.118. The van der Waals surface area contributed by atoms with Crippen LogP contribution in [-0.4, -0.2) is 53.7 Å². The first kappa shape index (κ1) is 22.9. The Morgan fingerprint density at radius 3 is 2.77 bits per heavy atom. The molecule has 0 spiro atoms. The molecule has 1 aliphatic heterocycles. The molecule has 1 fully saturated rings. The number of urea groups is 1. The van der Waals surface area contributed by atoms with Crippen molar-refractivity contribution in [3.8, 4) is 0 Å². The molecule has 4 N–H and O–H groups in total. The molecule has 2 heterocycles. The van der Waals surface area contributed by atoms with Gasteiger partial charge in [-0.25, -0.2) is 14.6 Å². The molecule has 0 saturated carbocycles. The highest BCUT2D eigenvalue weighted by Crippen LogP contribution is 2.28. The van der Waals surface area contributed by atoms with Gasteiger partial charge < -0.3 is 20.5 Å². The Bertz CT molecular complexity index is 912. The Labute approximate surface area is 184 Å². The third-order valence-electron chi connectivity index (χ3n) is 4.94. The maximum atomic E-state index is 13.2. The summed E-state index contributed by atoms with van der Waals surface area (Å²) in [6.45, 7) is 2.95. The van der Waals surface area contributed by atoms with E-state index in [1.54, 1.807) is 6.92 Å². The van der Waals surface area contributed by atoms with E-state index >= 15 is 0 Å². The topological polar surface area (TPSA) is 130 Å².